The highest BCUT2D eigenvalue weighted by atomic mass is 16.2. The van der Waals surface area contributed by atoms with Gasteiger partial charge in [0.1, 0.15) is 18.3 Å². The number of hydrogen-bond acceptors (Lipinski definition) is 4. The molecule has 1 atom stereocenters. The van der Waals surface area contributed by atoms with E-state index in [2.05, 4.69) is 15.6 Å². The van der Waals surface area contributed by atoms with Gasteiger partial charge in [-0.15, -0.1) is 0 Å². The number of fused-ring (bicyclic) bond motifs is 1. The highest BCUT2D eigenvalue weighted by Crippen LogP contribution is 2.11. The minimum absolute atomic E-state index is 0.216. The second-order valence-corrected chi connectivity index (χ2v) is 7.74. The van der Waals surface area contributed by atoms with Crippen molar-refractivity contribution in [3.05, 3.63) is 107 Å². The monoisotopic (exact) mass is 440 g/mol. The fourth-order valence-corrected chi connectivity index (χ4v) is 3.67. The number of aryl methyl sites for hydroxylation is 1. The number of rotatable bonds is 7. The summed E-state index contributed by atoms with van der Waals surface area (Å²) in [6.45, 7) is 1.40. The van der Waals surface area contributed by atoms with E-state index in [-0.39, 0.29) is 18.0 Å². The van der Waals surface area contributed by atoms with Crippen molar-refractivity contribution in [3.63, 3.8) is 0 Å². The number of nitrogens with one attached hydrogen (secondary N) is 2. The maximum absolute atomic E-state index is 13.0. The van der Waals surface area contributed by atoms with Crippen LogP contribution >= 0.6 is 0 Å². The number of carbonyl (C=O) groups excluding carboxylic acids is 2. The van der Waals surface area contributed by atoms with Crippen LogP contribution in [0.3, 0.4) is 0 Å². The van der Waals surface area contributed by atoms with Crippen LogP contribution in [0.5, 0.6) is 0 Å². The van der Waals surface area contributed by atoms with Crippen LogP contribution in [0.15, 0.2) is 89.7 Å². The summed E-state index contributed by atoms with van der Waals surface area (Å²) >= 11 is 0. The lowest BCUT2D eigenvalue weighted by atomic mass is 10.0. The largest absolute Gasteiger partial charge is 0.342 e. The summed E-state index contributed by atoms with van der Waals surface area (Å²) in [6, 6.07) is 24.9. The summed E-state index contributed by atoms with van der Waals surface area (Å²) in [5.41, 5.74) is 2.72. The lowest BCUT2D eigenvalue weighted by Gasteiger charge is -2.19. The maximum Gasteiger partial charge on any atom is 0.272 e. The number of carbonyl (C=O) groups is 2. The predicted molar refractivity (Wildman–Crippen MR) is 128 cm³/mol. The van der Waals surface area contributed by atoms with Gasteiger partial charge in [-0.1, -0.05) is 60.7 Å². The van der Waals surface area contributed by atoms with Crippen LogP contribution in [0, 0.1) is 6.92 Å². The van der Waals surface area contributed by atoms with Crippen molar-refractivity contribution in [1.82, 2.24) is 14.9 Å². The van der Waals surface area contributed by atoms with Gasteiger partial charge in [0.05, 0.1) is 11.0 Å². The van der Waals surface area contributed by atoms with Crippen LogP contribution in [0.4, 0.5) is 5.69 Å². The molecule has 2 N–H and O–H groups in total. The van der Waals surface area contributed by atoms with Crippen molar-refractivity contribution < 1.29 is 9.59 Å². The first kappa shape index (κ1) is 22.0. The molecular formula is C26H24N4O3. The van der Waals surface area contributed by atoms with E-state index in [0.29, 0.717) is 28.8 Å². The molecule has 0 saturated carbocycles. The van der Waals surface area contributed by atoms with Gasteiger partial charge in [0, 0.05) is 12.1 Å². The van der Waals surface area contributed by atoms with Crippen molar-refractivity contribution in [1.29, 1.82) is 0 Å². The van der Waals surface area contributed by atoms with Gasteiger partial charge in [0.2, 0.25) is 11.8 Å². The molecular weight excluding hydrogens is 416 g/mol. The van der Waals surface area contributed by atoms with Crippen LogP contribution < -0.4 is 16.2 Å². The Kier molecular flexibility index (Phi) is 6.59. The Hall–Kier alpha value is -4.26. The highest BCUT2D eigenvalue weighted by molar-refractivity contribution is 5.97. The third-order valence-electron chi connectivity index (χ3n) is 5.29. The number of anilines is 1. The van der Waals surface area contributed by atoms with Gasteiger partial charge < -0.3 is 10.6 Å². The van der Waals surface area contributed by atoms with Gasteiger partial charge in [0.25, 0.3) is 5.56 Å². The number of aromatic nitrogens is 2. The fraction of sp³-hybridized carbons (Fsp3) is 0.154. The molecule has 0 aliphatic rings. The molecule has 3 aromatic carbocycles. The molecule has 166 valence electrons. The quantitative estimate of drug-likeness (QED) is 0.462. The van der Waals surface area contributed by atoms with Crippen LogP contribution in [0.25, 0.3) is 11.0 Å². The molecule has 1 aromatic heterocycles. The van der Waals surface area contributed by atoms with E-state index in [9.17, 15) is 14.4 Å². The predicted octanol–water partition coefficient (Wildman–Crippen LogP) is 3.07. The van der Waals surface area contributed by atoms with E-state index in [1.807, 2.05) is 54.6 Å². The smallest absolute Gasteiger partial charge is 0.272 e. The molecule has 0 bridgehead atoms. The van der Waals surface area contributed by atoms with Crippen molar-refractivity contribution in [2.75, 3.05) is 5.32 Å². The fourth-order valence-electron chi connectivity index (χ4n) is 3.67. The maximum atomic E-state index is 13.0. The van der Waals surface area contributed by atoms with Crippen molar-refractivity contribution >= 4 is 28.5 Å². The Balaban J connectivity index is 1.57. The molecule has 0 fully saturated rings. The normalized spacial score (nSPS) is 11.7. The molecule has 0 radical (unpaired) electrons. The number of nitrogens with zero attached hydrogens (tertiary/aromatic N) is 2. The standard InChI is InChI=1S/C26H24N4O3/c1-18-26(33)30(23-15-9-8-14-21(23)27-18)17-24(31)29-22(16-19-10-4-2-5-11-19)25(32)28-20-12-6-3-7-13-20/h2-15,22H,16-17H2,1H3,(H,28,32)(H,29,31)/t22-/m0/s1. The van der Waals surface area contributed by atoms with Crippen molar-refractivity contribution in [2.24, 2.45) is 0 Å². The summed E-state index contributed by atoms with van der Waals surface area (Å²) in [6.07, 6.45) is 0.316. The minimum Gasteiger partial charge on any atom is -0.342 e. The van der Waals surface area contributed by atoms with E-state index < -0.39 is 11.9 Å². The average molecular weight is 441 g/mol. The third-order valence-corrected chi connectivity index (χ3v) is 5.29. The van der Waals surface area contributed by atoms with Gasteiger partial charge in [-0.25, -0.2) is 4.98 Å². The molecule has 0 spiro atoms. The van der Waals surface area contributed by atoms with Gasteiger partial charge in [-0.3, -0.25) is 19.0 Å². The second-order valence-electron chi connectivity index (χ2n) is 7.74. The van der Waals surface area contributed by atoms with Gasteiger partial charge in [-0.05, 0) is 36.8 Å². The lowest BCUT2D eigenvalue weighted by Crippen LogP contribution is -2.47. The molecule has 2 amide bonds. The summed E-state index contributed by atoms with van der Waals surface area (Å²) in [5, 5.41) is 5.66. The second kappa shape index (κ2) is 9.91. The first-order chi connectivity index (χ1) is 16.0. The van der Waals surface area contributed by atoms with E-state index in [4.69, 9.17) is 0 Å². The molecule has 0 aliphatic carbocycles. The van der Waals surface area contributed by atoms with E-state index >= 15 is 0 Å². The zero-order valence-corrected chi connectivity index (χ0v) is 18.2. The minimum atomic E-state index is -0.815. The lowest BCUT2D eigenvalue weighted by molar-refractivity contribution is -0.126. The summed E-state index contributed by atoms with van der Waals surface area (Å²) in [5.74, 6) is -0.765. The number of benzene rings is 3. The van der Waals surface area contributed by atoms with Gasteiger partial charge in [-0.2, -0.15) is 0 Å². The number of amides is 2. The first-order valence-corrected chi connectivity index (χ1v) is 10.7. The Morgan fingerprint density at radius 1 is 0.909 bits per heavy atom. The third kappa shape index (κ3) is 5.33. The average Bonchev–Trinajstić information content (AvgIpc) is 2.83. The van der Waals surface area contributed by atoms with E-state index in [0.717, 1.165) is 5.56 Å². The van der Waals surface area contributed by atoms with Crippen molar-refractivity contribution in [2.45, 2.75) is 25.9 Å². The number of hydrogen-bond donors (Lipinski definition) is 2. The molecule has 0 saturated heterocycles. The summed E-state index contributed by atoms with van der Waals surface area (Å²) < 4.78 is 1.39. The van der Waals surface area contributed by atoms with E-state index in [1.54, 1.807) is 37.3 Å². The zero-order valence-electron chi connectivity index (χ0n) is 18.2. The molecule has 7 nitrogen and oxygen atoms in total. The molecule has 33 heavy (non-hydrogen) atoms. The van der Waals surface area contributed by atoms with E-state index in [1.165, 1.54) is 4.57 Å². The Bertz CT molecular complexity index is 1330. The van der Waals surface area contributed by atoms with Gasteiger partial charge >= 0.3 is 0 Å². The zero-order chi connectivity index (χ0) is 23.2. The highest BCUT2D eigenvalue weighted by Gasteiger charge is 2.22. The summed E-state index contributed by atoms with van der Waals surface area (Å²) in [4.78, 5) is 43.1. The van der Waals surface area contributed by atoms with Crippen LogP contribution in [-0.2, 0) is 22.6 Å². The molecule has 4 rings (SSSR count). The molecule has 7 heteroatoms. The number of para-hydroxylation sites is 3. The van der Waals surface area contributed by atoms with Crippen LogP contribution in [-0.4, -0.2) is 27.4 Å². The van der Waals surface area contributed by atoms with Crippen molar-refractivity contribution in [3.8, 4) is 0 Å². The Labute approximate surface area is 191 Å². The topological polar surface area (TPSA) is 93.1 Å². The summed E-state index contributed by atoms with van der Waals surface area (Å²) in [7, 11) is 0. The first-order valence-electron chi connectivity index (χ1n) is 10.7. The Morgan fingerprint density at radius 3 is 2.27 bits per heavy atom. The van der Waals surface area contributed by atoms with Gasteiger partial charge in [0.15, 0.2) is 0 Å². The molecule has 4 aromatic rings. The molecule has 1 heterocycles. The van der Waals surface area contributed by atoms with Crippen LogP contribution in [0.2, 0.25) is 0 Å². The molecule has 0 aliphatic heterocycles. The molecule has 0 unspecified atom stereocenters. The Morgan fingerprint density at radius 2 is 1.55 bits per heavy atom. The van der Waals surface area contributed by atoms with Crippen LogP contribution in [0.1, 0.15) is 11.3 Å². The SMILES string of the molecule is Cc1nc2ccccc2n(CC(=O)N[C@@H](Cc2ccccc2)C(=O)Nc2ccccc2)c1=O.